The van der Waals surface area contributed by atoms with Crippen LogP contribution >= 0.6 is 0 Å². The summed E-state index contributed by atoms with van der Waals surface area (Å²) in [5, 5.41) is 3.78. The number of oxazole rings is 1. The molecule has 0 saturated heterocycles. The fourth-order valence-corrected chi connectivity index (χ4v) is 4.34. The maximum atomic E-state index is 13.2. The van der Waals surface area contributed by atoms with Crippen LogP contribution in [0.2, 0.25) is 0 Å². The smallest absolute Gasteiger partial charge is 0.445 e. The lowest BCUT2D eigenvalue weighted by atomic mass is 10.0. The minimum absolute atomic E-state index is 0.0209. The molecule has 4 rings (SSSR count). The van der Waals surface area contributed by atoms with Crippen LogP contribution in [0.25, 0.3) is 22.6 Å². The molecule has 0 aliphatic heterocycles. The van der Waals surface area contributed by atoms with Crippen LogP contribution in [0.15, 0.2) is 68.8 Å². The summed E-state index contributed by atoms with van der Waals surface area (Å²) in [4.78, 5) is 15.9. The van der Waals surface area contributed by atoms with Crippen molar-refractivity contribution in [2.75, 3.05) is 11.8 Å². The van der Waals surface area contributed by atoms with Crippen molar-refractivity contribution < 1.29 is 31.6 Å². The summed E-state index contributed by atoms with van der Waals surface area (Å²) in [5.41, 5.74) is 2.28. The molecule has 2 aromatic heterocycles. The van der Waals surface area contributed by atoms with Gasteiger partial charge in [-0.05, 0) is 38.1 Å². The molecule has 0 radical (unpaired) electrons. The van der Waals surface area contributed by atoms with Gasteiger partial charge in [0.25, 0.3) is 10.0 Å². The van der Waals surface area contributed by atoms with Gasteiger partial charge in [0.1, 0.15) is 12.0 Å². The number of ether oxygens (including phenoxy) is 2. The Hall–Kier alpha value is -4.12. The van der Waals surface area contributed by atoms with Crippen molar-refractivity contribution in [1.82, 2.24) is 10.1 Å². The summed E-state index contributed by atoms with van der Waals surface area (Å²) >= 11 is 0. The zero-order chi connectivity index (χ0) is 23.6. The fraction of sp³-hybridized carbons (Fsp3) is 0.136. The molecule has 0 amide bonds. The molecule has 170 valence electrons. The third-order valence-corrected chi connectivity index (χ3v) is 6.26. The fourth-order valence-electron chi connectivity index (χ4n) is 3.07. The number of nitrogens with one attached hydrogen (secondary N) is 1. The second kappa shape index (κ2) is 8.79. The molecule has 0 aliphatic rings. The Bertz CT molecular complexity index is 1410. The Morgan fingerprint density at radius 2 is 1.88 bits per heavy atom. The summed E-state index contributed by atoms with van der Waals surface area (Å²) in [6, 6.07) is 11.1. The molecular formula is C22H19N3O7S. The number of benzene rings is 2. The average molecular weight is 469 g/mol. The Morgan fingerprint density at radius 1 is 1.09 bits per heavy atom. The number of carbonyl (C=O) groups is 1. The van der Waals surface area contributed by atoms with Crippen molar-refractivity contribution in [2.24, 2.45) is 0 Å². The van der Waals surface area contributed by atoms with Gasteiger partial charge in [-0.2, -0.15) is 0 Å². The van der Waals surface area contributed by atoms with E-state index in [9.17, 15) is 13.2 Å². The first-order valence-electron chi connectivity index (χ1n) is 9.65. The highest BCUT2D eigenvalue weighted by molar-refractivity contribution is 7.92. The number of rotatable bonds is 6. The number of sulfonamides is 1. The molecule has 10 nitrogen and oxygen atoms in total. The van der Waals surface area contributed by atoms with E-state index in [0.29, 0.717) is 28.3 Å². The minimum Gasteiger partial charge on any atom is -0.445 e. The third-order valence-electron chi connectivity index (χ3n) is 4.87. The van der Waals surface area contributed by atoms with Crippen LogP contribution in [-0.4, -0.2) is 31.8 Å². The average Bonchev–Trinajstić information content (AvgIpc) is 3.45. The van der Waals surface area contributed by atoms with Crippen LogP contribution in [0.5, 0.6) is 5.75 Å². The lowest BCUT2D eigenvalue weighted by Gasteiger charge is -2.15. The standard InChI is InChI=1S/C22H19N3O7S/c1-13-14(2)24-32-20(13)25-33(27,28)19-7-5-4-6-17(19)16-9-8-15(21-23-10-11-30-21)12-18(16)31-22(26)29-3/h4-12,25H,1-3H3. The first-order chi connectivity index (χ1) is 15.8. The quantitative estimate of drug-likeness (QED) is 0.318. The van der Waals surface area contributed by atoms with Crippen molar-refractivity contribution >= 4 is 22.1 Å². The van der Waals surface area contributed by atoms with Crippen LogP contribution < -0.4 is 9.46 Å². The van der Waals surface area contributed by atoms with Gasteiger partial charge in [-0.15, -0.1) is 0 Å². The van der Waals surface area contributed by atoms with Gasteiger partial charge >= 0.3 is 6.16 Å². The van der Waals surface area contributed by atoms with E-state index in [1.807, 2.05) is 0 Å². The topological polar surface area (TPSA) is 134 Å². The number of aromatic nitrogens is 2. The predicted molar refractivity (Wildman–Crippen MR) is 117 cm³/mol. The van der Waals surface area contributed by atoms with Crippen LogP contribution in [0.4, 0.5) is 10.7 Å². The van der Waals surface area contributed by atoms with Gasteiger partial charge in [0.2, 0.25) is 11.8 Å². The molecule has 0 aliphatic carbocycles. The maximum Gasteiger partial charge on any atom is 0.513 e. The van der Waals surface area contributed by atoms with Crippen LogP contribution in [0.3, 0.4) is 0 Å². The van der Waals surface area contributed by atoms with Crippen molar-refractivity contribution in [3.05, 3.63) is 66.2 Å². The van der Waals surface area contributed by atoms with E-state index in [1.54, 1.807) is 44.2 Å². The van der Waals surface area contributed by atoms with E-state index in [4.69, 9.17) is 13.7 Å². The molecule has 4 aromatic rings. The van der Waals surface area contributed by atoms with Crippen LogP contribution in [0, 0.1) is 13.8 Å². The van der Waals surface area contributed by atoms with Gasteiger partial charge < -0.3 is 18.4 Å². The highest BCUT2D eigenvalue weighted by Gasteiger charge is 2.25. The Labute approximate surface area is 189 Å². The number of methoxy groups -OCH3 is 1. The molecule has 1 N–H and O–H groups in total. The molecule has 2 aromatic carbocycles. The van der Waals surface area contributed by atoms with Crippen LogP contribution in [-0.2, 0) is 14.8 Å². The Kier molecular flexibility index (Phi) is 5.88. The second-order valence-corrected chi connectivity index (χ2v) is 8.58. The molecule has 0 saturated carbocycles. The molecule has 0 spiro atoms. The van der Waals surface area contributed by atoms with Gasteiger partial charge in [-0.25, -0.2) is 22.9 Å². The number of anilines is 1. The van der Waals surface area contributed by atoms with Gasteiger partial charge in [-0.3, -0.25) is 0 Å². The largest absolute Gasteiger partial charge is 0.513 e. The molecule has 0 bridgehead atoms. The van der Waals surface area contributed by atoms with E-state index in [1.165, 1.54) is 31.7 Å². The van der Waals surface area contributed by atoms with Crippen LogP contribution in [0.1, 0.15) is 11.3 Å². The van der Waals surface area contributed by atoms with E-state index in [-0.39, 0.29) is 22.1 Å². The Balaban J connectivity index is 1.82. The first-order valence-corrected chi connectivity index (χ1v) is 11.1. The SMILES string of the molecule is COC(=O)Oc1cc(-c2ncco2)ccc1-c1ccccc1S(=O)(=O)Nc1onc(C)c1C. The predicted octanol–water partition coefficient (Wildman–Crippen LogP) is 4.56. The summed E-state index contributed by atoms with van der Waals surface area (Å²) in [5.74, 6) is 0.384. The van der Waals surface area contributed by atoms with E-state index < -0.39 is 16.2 Å². The molecule has 0 unspecified atom stereocenters. The highest BCUT2D eigenvalue weighted by atomic mass is 32.2. The zero-order valence-corrected chi connectivity index (χ0v) is 18.7. The van der Waals surface area contributed by atoms with E-state index in [0.717, 1.165) is 0 Å². The molecule has 2 heterocycles. The van der Waals surface area contributed by atoms with Gasteiger partial charge in [0.05, 0.1) is 23.9 Å². The maximum absolute atomic E-state index is 13.2. The van der Waals surface area contributed by atoms with E-state index >= 15 is 0 Å². The molecule has 0 atom stereocenters. The van der Waals surface area contributed by atoms with Gasteiger partial charge in [-0.1, -0.05) is 23.4 Å². The molecule has 11 heteroatoms. The Morgan fingerprint density at radius 3 is 2.55 bits per heavy atom. The minimum atomic E-state index is -4.09. The summed E-state index contributed by atoms with van der Waals surface area (Å²) in [7, 11) is -2.92. The normalized spacial score (nSPS) is 11.2. The van der Waals surface area contributed by atoms with E-state index in [2.05, 4.69) is 19.6 Å². The number of hydrogen-bond acceptors (Lipinski definition) is 9. The van der Waals surface area contributed by atoms with Crippen molar-refractivity contribution in [2.45, 2.75) is 18.7 Å². The number of aryl methyl sites for hydroxylation is 1. The zero-order valence-electron chi connectivity index (χ0n) is 17.9. The summed E-state index contributed by atoms with van der Waals surface area (Å²) in [6.07, 6.45) is 1.92. The van der Waals surface area contributed by atoms with Crippen molar-refractivity contribution in [3.63, 3.8) is 0 Å². The molecule has 33 heavy (non-hydrogen) atoms. The summed E-state index contributed by atoms with van der Waals surface area (Å²) in [6.45, 7) is 3.40. The molecular weight excluding hydrogens is 450 g/mol. The highest BCUT2D eigenvalue weighted by Crippen LogP contribution is 2.38. The number of carbonyl (C=O) groups excluding carboxylic acids is 1. The number of hydrogen-bond donors (Lipinski definition) is 1. The number of nitrogens with zero attached hydrogens (tertiary/aromatic N) is 2. The summed E-state index contributed by atoms with van der Waals surface area (Å²) < 4.78 is 49.3. The first kappa shape index (κ1) is 22.1. The lowest BCUT2D eigenvalue weighted by molar-refractivity contribution is 0.121. The lowest BCUT2D eigenvalue weighted by Crippen LogP contribution is -2.15. The molecule has 0 fully saturated rings. The third kappa shape index (κ3) is 4.44. The van der Waals surface area contributed by atoms with Crippen molar-refractivity contribution in [1.29, 1.82) is 0 Å². The second-order valence-electron chi connectivity index (χ2n) is 6.93. The van der Waals surface area contributed by atoms with Gasteiger partial charge in [0, 0.05) is 22.3 Å². The van der Waals surface area contributed by atoms with Gasteiger partial charge in [0.15, 0.2) is 0 Å². The monoisotopic (exact) mass is 469 g/mol. The van der Waals surface area contributed by atoms with Crippen molar-refractivity contribution in [3.8, 4) is 28.3 Å².